The average Bonchev–Trinajstić information content (AvgIpc) is 2.41. The number of carbonyl (C=O) groups is 1. The minimum Gasteiger partial charge on any atom is -0.491 e. The van der Waals surface area contributed by atoms with Crippen LogP contribution < -0.4 is 15.4 Å². The maximum Gasteiger partial charge on any atom is 0.241 e. The Morgan fingerprint density at radius 1 is 1.43 bits per heavy atom. The van der Waals surface area contributed by atoms with Gasteiger partial charge < -0.3 is 15.4 Å². The van der Waals surface area contributed by atoms with E-state index < -0.39 is 0 Å². The molecule has 1 aromatic rings. The Kier molecular flexibility index (Phi) is 5.23. The molecule has 0 spiro atoms. The zero-order valence-corrected chi connectivity index (χ0v) is 13.4. The summed E-state index contributed by atoms with van der Waals surface area (Å²) < 4.78 is 5.66. The van der Waals surface area contributed by atoms with Gasteiger partial charge in [0.1, 0.15) is 5.75 Å². The molecule has 1 aliphatic heterocycles. The Morgan fingerprint density at radius 2 is 2.19 bits per heavy atom. The summed E-state index contributed by atoms with van der Waals surface area (Å²) in [6.07, 6.45) is 2.40. The minimum absolute atomic E-state index is 0.0582. The summed E-state index contributed by atoms with van der Waals surface area (Å²) in [7, 11) is 0. The van der Waals surface area contributed by atoms with Gasteiger partial charge in [-0.2, -0.15) is 0 Å². The minimum atomic E-state index is -0.0928. The fourth-order valence-electron chi connectivity index (χ4n) is 2.73. The van der Waals surface area contributed by atoms with Crippen molar-refractivity contribution in [3.8, 4) is 5.75 Å². The van der Waals surface area contributed by atoms with Gasteiger partial charge >= 0.3 is 0 Å². The van der Waals surface area contributed by atoms with E-state index in [1.165, 1.54) is 0 Å². The summed E-state index contributed by atoms with van der Waals surface area (Å²) in [6.45, 7) is 9.04. The van der Waals surface area contributed by atoms with Gasteiger partial charge in [-0.15, -0.1) is 0 Å². The number of benzene rings is 1. The fourth-order valence-corrected chi connectivity index (χ4v) is 2.73. The summed E-state index contributed by atoms with van der Waals surface area (Å²) in [5.74, 6) is 1.27. The predicted molar refractivity (Wildman–Crippen MR) is 85.8 cm³/mol. The molecule has 2 rings (SSSR count). The molecule has 4 nitrogen and oxygen atoms in total. The highest BCUT2D eigenvalue weighted by atomic mass is 16.5. The second-order valence-corrected chi connectivity index (χ2v) is 6.18. The number of nitrogens with one attached hydrogen (secondary N) is 2. The maximum absolute atomic E-state index is 12.4. The molecule has 2 N–H and O–H groups in total. The zero-order chi connectivity index (χ0) is 15.4. The van der Waals surface area contributed by atoms with Crippen LogP contribution in [0.5, 0.6) is 5.75 Å². The molecule has 1 aromatic carbocycles. The van der Waals surface area contributed by atoms with E-state index in [-0.39, 0.29) is 18.1 Å². The third-order valence-electron chi connectivity index (χ3n) is 3.88. The normalized spacial score (nSPS) is 22.1. The first-order valence-electron chi connectivity index (χ1n) is 7.79. The standard InChI is InChI=1S/C17H26N2O2/c1-11(2)21-14-7-8-15(13(4)10-14)19-17(20)16-12(3)6-5-9-18-16/h7-8,10-12,16,18H,5-6,9H2,1-4H3,(H,19,20). The number of carbonyl (C=O) groups excluding carboxylic acids is 1. The van der Waals surface area contributed by atoms with Gasteiger partial charge in [0, 0.05) is 5.69 Å². The van der Waals surface area contributed by atoms with Crippen molar-refractivity contribution in [1.29, 1.82) is 0 Å². The van der Waals surface area contributed by atoms with Crippen LogP contribution >= 0.6 is 0 Å². The van der Waals surface area contributed by atoms with Crippen LogP contribution in [0.2, 0.25) is 0 Å². The van der Waals surface area contributed by atoms with Crippen LogP contribution in [0.15, 0.2) is 18.2 Å². The molecule has 0 aliphatic carbocycles. The number of rotatable bonds is 4. The number of hydrogen-bond donors (Lipinski definition) is 2. The van der Waals surface area contributed by atoms with Crippen molar-refractivity contribution in [2.45, 2.75) is 52.7 Å². The van der Waals surface area contributed by atoms with Crippen molar-refractivity contribution >= 4 is 11.6 Å². The monoisotopic (exact) mass is 290 g/mol. The average molecular weight is 290 g/mol. The van der Waals surface area contributed by atoms with E-state index in [0.29, 0.717) is 5.92 Å². The highest BCUT2D eigenvalue weighted by molar-refractivity contribution is 5.95. The van der Waals surface area contributed by atoms with Gasteiger partial charge in [0.15, 0.2) is 0 Å². The van der Waals surface area contributed by atoms with Gasteiger partial charge in [0.25, 0.3) is 0 Å². The van der Waals surface area contributed by atoms with E-state index in [2.05, 4.69) is 17.6 Å². The Hall–Kier alpha value is -1.55. The lowest BCUT2D eigenvalue weighted by molar-refractivity contribution is -0.119. The van der Waals surface area contributed by atoms with E-state index in [0.717, 1.165) is 36.4 Å². The molecule has 0 saturated carbocycles. The Labute approximate surface area is 127 Å². The third kappa shape index (κ3) is 4.21. The molecule has 2 unspecified atom stereocenters. The smallest absolute Gasteiger partial charge is 0.241 e. The highest BCUT2D eigenvalue weighted by Crippen LogP contribution is 2.23. The van der Waals surface area contributed by atoms with Gasteiger partial charge in [-0.3, -0.25) is 4.79 Å². The number of ether oxygens (including phenoxy) is 1. The van der Waals surface area contributed by atoms with E-state index in [9.17, 15) is 4.79 Å². The number of aryl methyl sites for hydroxylation is 1. The van der Waals surface area contributed by atoms with Crippen molar-refractivity contribution in [1.82, 2.24) is 5.32 Å². The van der Waals surface area contributed by atoms with E-state index in [4.69, 9.17) is 4.74 Å². The van der Waals surface area contributed by atoms with Crippen LogP contribution in [-0.4, -0.2) is 24.6 Å². The van der Waals surface area contributed by atoms with E-state index in [1.807, 2.05) is 39.0 Å². The first-order valence-corrected chi connectivity index (χ1v) is 7.79. The number of piperidine rings is 1. The number of amides is 1. The van der Waals surface area contributed by atoms with Crippen molar-refractivity contribution < 1.29 is 9.53 Å². The molecular weight excluding hydrogens is 264 g/mol. The molecule has 21 heavy (non-hydrogen) atoms. The Balaban J connectivity index is 2.03. The highest BCUT2D eigenvalue weighted by Gasteiger charge is 2.27. The second-order valence-electron chi connectivity index (χ2n) is 6.18. The molecule has 1 amide bonds. The third-order valence-corrected chi connectivity index (χ3v) is 3.88. The number of hydrogen-bond acceptors (Lipinski definition) is 3. The van der Waals surface area contributed by atoms with Gasteiger partial charge in [-0.05, 0) is 69.8 Å². The molecule has 1 saturated heterocycles. The van der Waals surface area contributed by atoms with Crippen LogP contribution in [-0.2, 0) is 4.79 Å². The summed E-state index contributed by atoms with van der Waals surface area (Å²) in [6, 6.07) is 5.69. The fraction of sp³-hybridized carbons (Fsp3) is 0.588. The summed E-state index contributed by atoms with van der Waals surface area (Å²) in [5, 5.41) is 6.34. The maximum atomic E-state index is 12.4. The summed E-state index contributed by atoms with van der Waals surface area (Å²) in [5.41, 5.74) is 1.88. The van der Waals surface area contributed by atoms with Crippen molar-refractivity contribution in [3.05, 3.63) is 23.8 Å². The Bertz CT molecular complexity index is 500. The van der Waals surface area contributed by atoms with Crippen molar-refractivity contribution in [3.63, 3.8) is 0 Å². The summed E-state index contributed by atoms with van der Waals surface area (Å²) >= 11 is 0. The van der Waals surface area contributed by atoms with Crippen LogP contribution in [0.25, 0.3) is 0 Å². The van der Waals surface area contributed by atoms with Gasteiger partial charge in [0.05, 0.1) is 12.1 Å². The molecular formula is C17H26N2O2. The summed E-state index contributed by atoms with van der Waals surface area (Å²) in [4.78, 5) is 12.4. The van der Waals surface area contributed by atoms with E-state index >= 15 is 0 Å². The quantitative estimate of drug-likeness (QED) is 0.896. The van der Waals surface area contributed by atoms with Crippen molar-refractivity contribution in [2.24, 2.45) is 5.92 Å². The van der Waals surface area contributed by atoms with Crippen LogP contribution in [0.3, 0.4) is 0 Å². The van der Waals surface area contributed by atoms with Gasteiger partial charge in [-0.1, -0.05) is 6.92 Å². The zero-order valence-electron chi connectivity index (χ0n) is 13.4. The van der Waals surface area contributed by atoms with Crippen LogP contribution in [0.4, 0.5) is 5.69 Å². The molecule has 4 heteroatoms. The van der Waals surface area contributed by atoms with Crippen LogP contribution in [0.1, 0.15) is 39.2 Å². The number of anilines is 1. The van der Waals surface area contributed by atoms with E-state index in [1.54, 1.807) is 0 Å². The van der Waals surface area contributed by atoms with Crippen molar-refractivity contribution in [2.75, 3.05) is 11.9 Å². The topological polar surface area (TPSA) is 50.4 Å². The molecule has 0 radical (unpaired) electrons. The lowest BCUT2D eigenvalue weighted by Crippen LogP contribution is -2.48. The first-order chi connectivity index (χ1) is 9.97. The molecule has 0 bridgehead atoms. The molecule has 116 valence electrons. The SMILES string of the molecule is Cc1cc(OC(C)C)ccc1NC(=O)C1NCCCC1C. The van der Waals surface area contributed by atoms with Gasteiger partial charge in [0.2, 0.25) is 5.91 Å². The lowest BCUT2D eigenvalue weighted by Gasteiger charge is -2.29. The predicted octanol–water partition coefficient (Wildman–Crippen LogP) is 3.11. The molecule has 1 aliphatic rings. The first kappa shape index (κ1) is 15.8. The lowest BCUT2D eigenvalue weighted by atomic mass is 9.92. The second kappa shape index (κ2) is 6.94. The molecule has 1 fully saturated rings. The molecule has 2 atom stereocenters. The molecule has 0 aromatic heterocycles. The largest absolute Gasteiger partial charge is 0.491 e. The van der Waals surface area contributed by atoms with Gasteiger partial charge in [-0.25, -0.2) is 0 Å². The van der Waals surface area contributed by atoms with Crippen LogP contribution in [0, 0.1) is 12.8 Å². The Morgan fingerprint density at radius 3 is 2.81 bits per heavy atom. The molecule has 1 heterocycles.